The highest BCUT2D eigenvalue weighted by Crippen LogP contribution is 2.16. The first-order chi connectivity index (χ1) is 10.3. The molecule has 0 aliphatic heterocycles. The average molecular weight is 322 g/mol. The summed E-state index contributed by atoms with van der Waals surface area (Å²) in [7, 11) is -4.02. The smallest absolute Gasteiger partial charge is 0.314 e. The third-order valence-electron chi connectivity index (χ3n) is 2.30. The quantitative estimate of drug-likeness (QED) is 0.611. The van der Waals surface area contributed by atoms with Crippen molar-refractivity contribution in [2.45, 2.75) is 0 Å². The Labute approximate surface area is 127 Å². The molecule has 3 N–H and O–H groups in total. The van der Waals surface area contributed by atoms with Gasteiger partial charge < -0.3 is 5.32 Å². The minimum absolute atomic E-state index is 0.197. The van der Waals surface area contributed by atoms with Crippen LogP contribution in [0.25, 0.3) is 0 Å². The van der Waals surface area contributed by atoms with Crippen LogP contribution in [-0.4, -0.2) is 26.6 Å². The Bertz CT molecular complexity index is 740. The molecule has 1 aromatic carbocycles. The summed E-state index contributed by atoms with van der Waals surface area (Å²) in [5, 5.41) is 7.03. The molecule has 0 unspecified atom stereocenters. The Morgan fingerprint density at radius 2 is 2.00 bits per heavy atom. The number of urea groups is 1. The van der Waals surface area contributed by atoms with Crippen LogP contribution in [0, 0.1) is 0 Å². The summed E-state index contributed by atoms with van der Waals surface area (Å²) in [4.78, 5) is 24.5. The molecule has 8 nitrogen and oxygen atoms in total. The largest absolute Gasteiger partial charge is 0.332 e. The van der Waals surface area contributed by atoms with Crippen LogP contribution in [0.2, 0.25) is 0 Å². The van der Waals surface area contributed by atoms with Crippen LogP contribution in [0.5, 0.6) is 0 Å². The molecular weight excluding hydrogens is 308 g/mol. The Hall–Kier alpha value is -2.78. The summed E-state index contributed by atoms with van der Waals surface area (Å²) in [5.74, 6) is -0.667. The van der Waals surface area contributed by atoms with Crippen molar-refractivity contribution >= 4 is 34.0 Å². The zero-order valence-corrected chi connectivity index (χ0v) is 12.3. The summed E-state index contributed by atoms with van der Waals surface area (Å²) in [5.41, 5.74) is 0.530. The van der Waals surface area contributed by atoms with Crippen LogP contribution in [0.15, 0.2) is 54.1 Å². The number of nitrogens with one attached hydrogen (secondary N) is 1. The summed E-state index contributed by atoms with van der Waals surface area (Å²) >= 11 is 0. The second-order valence-corrected chi connectivity index (χ2v) is 5.12. The van der Waals surface area contributed by atoms with E-state index in [-0.39, 0.29) is 5.69 Å². The second kappa shape index (κ2) is 7.29. The standard InChI is InChI=1S/C13H14N4O4S/c1-3-12(18)17(13(19)15-4-2)11-7-5-6-10(8-11)9-16-22(14,20)21/h3-9H,1-2H2,(H,15,19)(H2,14,20,21). The lowest BCUT2D eigenvalue weighted by atomic mass is 10.2. The van der Waals surface area contributed by atoms with Gasteiger partial charge in [0.15, 0.2) is 0 Å². The van der Waals surface area contributed by atoms with Crippen LogP contribution in [0.3, 0.4) is 0 Å². The van der Waals surface area contributed by atoms with Gasteiger partial charge in [-0.25, -0.2) is 14.8 Å². The molecule has 3 amide bonds. The number of hydrogen-bond donors (Lipinski definition) is 2. The van der Waals surface area contributed by atoms with E-state index in [4.69, 9.17) is 5.14 Å². The van der Waals surface area contributed by atoms with Crippen molar-refractivity contribution in [3.63, 3.8) is 0 Å². The molecule has 116 valence electrons. The first-order valence-electron chi connectivity index (χ1n) is 5.84. The van der Waals surface area contributed by atoms with E-state index in [1.54, 1.807) is 0 Å². The number of carbonyl (C=O) groups is 2. The predicted octanol–water partition coefficient (Wildman–Crippen LogP) is 0.681. The van der Waals surface area contributed by atoms with Crippen molar-refractivity contribution in [1.82, 2.24) is 5.32 Å². The molecule has 1 aromatic rings. The summed E-state index contributed by atoms with van der Waals surface area (Å²) < 4.78 is 24.8. The fourth-order valence-corrected chi connectivity index (χ4v) is 1.73. The van der Waals surface area contributed by atoms with E-state index >= 15 is 0 Å². The highest BCUT2D eigenvalue weighted by atomic mass is 32.2. The summed E-state index contributed by atoms with van der Waals surface area (Å²) in [6, 6.07) is 5.18. The van der Waals surface area contributed by atoms with Gasteiger partial charge in [-0.1, -0.05) is 25.3 Å². The van der Waals surface area contributed by atoms with E-state index < -0.39 is 22.1 Å². The molecule has 9 heteroatoms. The van der Waals surface area contributed by atoms with Gasteiger partial charge in [0, 0.05) is 6.21 Å². The fraction of sp³-hybridized carbons (Fsp3) is 0. The van der Waals surface area contributed by atoms with Crippen molar-refractivity contribution in [3.05, 3.63) is 55.3 Å². The maximum atomic E-state index is 11.9. The van der Waals surface area contributed by atoms with Crippen LogP contribution in [-0.2, 0) is 15.0 Å². The Morgan fingerprint density at radius 1 is 1.32 bits per heavy atom. The van der Waals surface area contributed by atoms with Gasteiger partial charge in [-0.2, -0.15) is 12.8 Å². The molecule has 0 fully saturated rings. The van der Waals surface area contributed by atoms with Crippen molar-refractivity contribution in [1.29, 1.82) is 0 Å². The van der Waals surface area contributed by atoms with Crippen LogP contribution >= 0.6 is 0 Å². The van der Waals surface area contributed by atoms with Gasteiger partial charge in [0.05, 0.1) is 5.69 Å². The highest BCUT2D eigenvalue weighted by Gasteiger charge is 2.20. The first-order valence-corrected chi connectivity index (χ1v) is 7.35. The average Bonchev–Trinajstić information content (AvgIpc) is 2.45. The monoisotopic (exact) mass is 322 g/mol. The number of hydrogen-bond acceptors (Lipinski definition) is 4. The number of anilines is 1. The minimum atomic E-state index is -4.02. The highest BCUT2D eigenvalue weighted by molar-refractivity contribution is 7.87. The SMILES string of the molecule is C=CNC(=O)N(C(=O)C=C)c1cccc(C=NS(N)(=O)=O)c1. The van der Waals surface area contributed by atoms with E-state index in [1.807, 2.05) is 0 Å². The van der Waals surface area contributed by atoms with Gasteiger partial charge in [0.25, 0.3) is 5.91 Å². The van der Waals surface area contributed by atoms with Crippen LogP contribution in [0.1, 0.15) is 5.56 Å². The molecule has 0 radical (unpaired) electrons. The van der Waals surface area contributed by atoms with E-state index in [0.717, 1.165) is 23.4 Å². The molecular formula is C13H14N4O4S. The molecule has 0 atom stereocenters. The maximum absolute atomic E-state index is 11.9. The number of rotatable bonds is 5. The summed E-state index contributed by atoms with van der Waals surface area (Å²) in [6.07, 6.45) is 3.09. The minimum Gasteiger partial charge on any atom is -0.314 e. The van der Waals surface area contributed by atoms with Crippen molar-refractivity contribution < 1.29 is 18.0 Å². The van der Waals surface area contributed by atoms with Gasteiger partial charge in [0.1, 0.15) is 0 Å². The van der Waals surface area contributed by atoms with Crippen molar-refractivity contribution in [3.8, 4) is 0 Å². The van der Waals surface area contributed by atoms with E-state index in [0.29, 0.717) is 5.56 Å². The lowest BCUT2D eigenvalue weighted by Crippen LogP contribution is -2.41. The number of imide groups is 1. The normalized spacial score (nSPS) is 11.0. The van der Waals surface area contributed by atoms with Crippen molar-refractivity contribution in [2.24, 2.45) is 9.54 Å². The zero-order chi connectivity index (χ0) is 16.8. The molecule has 1 rings (SSSR count). The van der Waals surface area contributed by atoms with Crippen molar-refractivity contribution in [2.75, 3.05) is 4.90 Å². The lowest BCUT2D eigenvalue weighted by molar-refractivity contribution is -0.113. The van der Waals surface area contributed by atoms with Gasteiger partial charge >= 0.3 is 16.2 Å². The Kier molecular flexibility index (Phi) is 5.72. The van der Waals surface area contributed by atoms with Gasteiger partial charge in [-0.05, 0) is 30.0 Å². The molecule has 0 saturated heterocycles. The molecule has 22 heavy (non-hydrogen) atoms. The zero-order valence-electron chi connectivity index (χ0n) is 11.5. The number of carbonyl (C=O) groups excluding carboxylic acids is 2. The molecule has 0 aliphatic carbocycles. The van der Waals surface area contributed by atoms with Crippen LogP contribution < -0.4 is 15.4 Å². The van der Waals surface area contributed by atoms with Crippen LogP contribution in [0.4, 0.5) is 10.5 Å². The van der Waals surface area contributed by atoms with Gasteiger partial charge in [-0.15, -0.1) is 0 Å². The molecule has 0 aromatic heterocycles. The first kappa shape index (κ1) is 17.3. The third-order valence-corrected chi connectivity index (χ3v) is 2.70. The Morgan fingerprint density at radius 3 is 2.55 bits per heavy atom. The Balaban J connectivity index is 3.24. The predicted molar refractivity (Wildman–Crippen MR) is 83.6 cm³/mol. The summed E-state index contributed by atoms with van der Waals surface area (Å²) in [6.45, 7) is 6.66. The van der Waals surface area contributed by atoms with E-state index in [2.05, 4.69) is 22.9 Å². The van der Waals surface area contributed by atoms with E-state index in [1.165, 1.54) is 24.3 Å². The fourth-order valence-electron chi connectivity index (χ4n) is 1.47. The molecule has 0 bridgehead atoms. The lowest BCUT2D eigenvalue weighted by Gasteiger charge is -2.19. The number of nitrogens with zero attached hydrogens (tertiary/aromatic N) is 2. The number of nitrogens with two attached hydrogens (primary N) is 1. The maximum Gasteiger partial charge on any atom is 0.332 e. The number of benzene rings is 1. The number of amides is 3. The van der Waals surface area contributed by atoms with E-state index in [9.17, 15) is 18.0 Å². The second-order valence-electron chi connectivity index (χ2n) is 3.88. The topological polar surface area (TPSA) is 122 Å². The van der Waals surface area contributed by atoms with Gasteiger partial charge in [0.2, 0.25) is 0 Å². The third kappa shape index (κ3) is 4.96. The molecule has 0 spiro atoms. The van der Waals surface area contributed by atoms with Gasteiger partial charge in [-0.3, -0.25) is 4.79 Å². The molecule has 0 saturated carbocycles. The molecule has 0 heterocycles. The molecule has 0 aliphatic rings.